The highest BCUT2D eigenvalue weighted by molar-refractivity contribution is 8.00. The van der Waals surface area contributed by atoms with Gasteiger partial charge in [-0.2, -0.15) is 0 Å². The van der Waals surface area contributed by atoms with E-state index in [4.69, 9.17) is 0 Å². The number of likely N-dealkylation sites (N-methyl/N-ethyl adjacent to an activating group) is 1. The standard InChI is InChI=1S/C22H33N3O2S/c1-16-9-11-17(12-10-16)21(27)25-19(20(26)23-13-14-24(2)3)15-28-22(25)18-7-5-4-6-8-18/h9-12,18-19,22H,4-8,13-15H2,1-3H3,(H,23,26)/t19-,22-/m1/s1. The maximum atomic E-state index is 13.4. The van der Waals surface area contributed by atoms with E-state index in [0.717, 1.165) is 24.9 Å². The Morgan fingerprint density at radius 2 is 1.82 bits per heavy atom. The lowest BCUT2D eigenvalue weighted by molar-refractivity contribution is -0.125. The monoisotopic (exact) mass is 403 g/mol. The molecule has 1 heterocycles. The van der Waals surface area contributed by atoms with Gasteiger partial charge in [-0.3, -0.25) is 9.59 Å². The van der Waals surface area contributed by atoms with Crippen molar-refractivity contribution < 1.29 is 9.59 Å². The lowest BCUT2D eigenvalue weighted by Crippen LogP contribution is -2.52. The van der Waals surface area contributed by atoms with Gasteiger partial charge in [-0.1, -0.05) is 37.0 Å². The summed E-state index contributed by atoms with van der Waals surface area (Å²) in [5, 5.41) is 3.15. The molecule has 154 valence electrons. The Morgan fingerprint density at radius 3 is 2.46 bits per heavy atom. The van der Waals surface area contributed by atoms with Gasteiger partial charge in [0.05, 0.1) is 5.37 Å². The van der Waals surface area contributed by atoms with Gasteiger partial charge < -0.3 is 15.1 Å². The number of amides is 2. The number of benzene rings is 1. The molecule has 0 bridgehead atoms. The summed E-state index contributed by atoms with van der Waals surface area (Å²) in [6.07, 6.45) is 6.06. The maximum absolute atomic E-state index is 13.4. The van der Waals surface area contributed by atoms with Gasteiger partial charge >= 0.3 is 0 Å². The minimum absolute atomic E-state index is 0.00617. The summed E-state index contributed by atoms with van der Waals surface area (Å²) in [5.41, 5.74) is 1.81. The summed E-state index contributed by atoms with van der Waals surface area (Å²) in [6, 6.07) is 7.34. The molecule has 2 amide bonds. The molecule has 28 heavy (non-hydrogen) atoms. The first-order valence-corrected chi connectivity index (χ1v) is 11.5. The second kappa shape index (κ2) is 9.79. The van der Waals surface area contributed by atoms with Gasteiger partial charge in [0.2, 0.25) is 5.91 Å². The lowest BCUT2D eigenvalue weighted by atomic mass is 9.88. The molecule has 0 aromatic heterocycles. The van der Waals surface area contributed by atoms with Crippen molar-refractivity contribution in [3.8, 4) is 0 Å². The molecule has 1 aliphatic heterocycles. The molecule has 2 aliphatic rings. The molecule has 1 aromatic carbocycles. The fourth-order valence-corrected chi connectivity index (χ4v) is 5.77. The lowest BCUT2D eigenvalue weighted by Gasteiger charge is -2.35. The van der Waals surface area contributed by atoms with Crippen LogP contribution in [0, 0.1) is 12.8 Å². The van der Waals surface area contributed by atoms with Crippen molar-refractivity contribution in [1.29, 1.82) is 0 Å². The fraction of sp³-hybridized carbons (Fsp3) is 0.636. The highest BCUT2D eigenvalue weighted by Crippen LogP contribution is 2.41. The van der Waals surface area contributed by atoms with Crippen LogP contribution >= 0.6 is 11.8 Å². The molecular weight excluding hydrogens is 370 g/mol. The molecule has 0 spiro atoms. The van der Waals surface area contributed by atoms with Crippen LogP contribution in [0.2, 0.25) is 0 Å². The highest BCUT2D eigenvalue weighted by Gasteiger charge is 2.45. The highest BCUT2D eigenvalue weighted by atomic mass is 32.2. The molecular formula is C22H33N3O2S. The van der Waals surface area contributed by atoms with E-state index in [2.05, 4.69) is 5.32 Å². The summed E-state index contributed by atoms with van der Waals surface area (Å²) in [5.74, 6) is 1.15. The van der Waals surface area contributed by atoms with Crippen molar-refractivity contribution in [3.05, 3.63) is 35.4 Å². The van der Waals surface area contributed by atoms with Crippen LogP contribution in [0.25, 0.3) is 0 Å². The number of hydrogen-bond acceptors (Lipinski definition) is 4. The van der Waals surface area contributed by atoms with Crippen molar-refractivity contribution in [2.24, 2.45) is 5.92 Å². The van der Waals surface area contributed by atoms with Gasteiger partial charge in [0.25, 0.3) is 5.91 Å². The third kappa shape index (κ3) is 5.09. The molecule has 3 rings (SSSR count). The van der Waals surface area contributed by atoms with Crippen LogP contribution in [0.15, 0.2) is 24.3 Å². The second-order valence-electron chi connectivity index (χ2n) is 8.31. The van der Waals surface area contributed by atoms with E-state index in [-0.39, 0.29) is 23.2 Å². The van der Waals surface area contributed by atoms with E-state index in [0.29, 0.717) is 23.8 Å². The number of rotatable bonds is 6. The van der Waals surface area contributed by atoms with Crippen LogP contribution in [0.1, 0.15) is 48.0 Å². The van der Waals surface area contributed by atoms with Crippen LogP contribution in [0.4, 0.5) is 0 Å². The third-order valence-electron chi connectivity index (χ3n) is 5.78. The first-order chi connectivity index (χ1) is 13.5. The van der Waals surface area contributed by atoms with Crippen molar-refractivity contribution in [1.82, 2.24) is 15.1 Å². The minimum atomic E-state index is -0.382. The predicted octanol–water partition coefficient (Wildman–Crippen LogP) is 3.14. The van der Waals surface area contributed by atoms with E-state index in [1.807, 2.05) is 55.1 Å². The molecule has 6 heteroatoms. The zero-order valence-electron chi connectivity index (χ0n) is 17.3. The number of aryl methyl sites for hydroxylation is 1. The van der Waals surface area contributed by atoms with E-state index in [1.165, 1.54) is 19.3 Å². The van der Waals surface area contributed by atoms with Crippen molar-refractivity contribution >= 4 is 23.6 Å². The maximum Gasteiger partial charge on any atom is 0.255 e. The quantitative estimate of drug-likeness (QED) is 0.793. The number of carbonyl (C=O) groups is 2. The molecule has 1 saturated carbocycles. The van der Waals surface area contributed by atoms with Gasteiger partial charge in [0, 0.05) is 24.4 Å². The number of hydrogen-bond donors (Lipinski definition) is 1. The zero-order valence-corrected chi connectivity index (χ0v) is 18.1. The predicted molar refractivity (Wildman–Crippen MR) is 116 cm³/mol. The van der Waals surface area contributed by atoms with Crippen LogP contribution in [0.3, 0.4) is 0 Å². The Hall–Kier alpha value is -1.53. The van der Waals surface area contributed by atoms with Gasteiger partial charge in [-0.25, -0.2) is 0 Å². The van der Waals surface area contributed by atoms with Crippen LogP contribution in [-0.2, 0) is 4.79 Å². The summed E-state index contributed by atoms with van der Waals surface area (Å²) >= 11 is 1.79. The van der Waals surface area contributed by atoms with Gasteiger partial charge in [0.15, 0.2) is 0 Å². The molecule has 1 aromatic rings. The Morgan fingerprint density at radius 1 is 1.14 bits per heavy atom. The third-order valence-corrected chi connectivity index (χ3v) is 7.24. The second-order valence-corrected chi connectivity index (χ2v) is 9.46. The smallest absolute Gasteiger partial charge is 0.255 e. The van der Waals surface area contributed by atoms with Crippen molar-refractivity contribution in [2.45, 2.75) is 50.4 Å². The molecule has 0 unspecified atom stereocenters. The Bertz CT molecular complexity index is 671. The van der Waals surface area contributed by atoms with Gasteiger partial charge in [-0.15, -0.1) is 11.8 Å². The summed E-state index contributed by atoms with van der Waals surface area (Å²) in [7, 11) is 3.98. The van der Waals surface area contributed by atoms with E-state index in [9.17, 15) is 9.59 Å². The molecule has 0 radical (unpaired) electrons. The molecule has 1 aliphatic carbocycles. The SMILES string of the molecule is Cc1ccc(C(=O)N2[C@@H](C(=O)NCCN(C)C)CS[C@@H]2C2CCCCC2)cc1. The number of nitrogens with zero attached hydrogens (tertiary/aromatic N) is 2. The molecule has 2 fully saturated rings. The van der Waals surface area contributed by atoms with Crippen LogP contribution in [0.5, 0.6) is 0 Å². The average molecular weight is 404 g/mol. The summed E-state index contributed by atoms with van der Waals surface area (Å²) in [6.45, 7) is 3.42. The van der Waals surface area contributed by atoms with E-state index < -0.39 is 0 Å². The first kappa shape index (κ1) is 21.2. The summed E-state index contributed by atoms with van der Waals surface area (Å²) in [4.78, 5) is 30.3. The molecule has 2 atom stereocenters. The van der Waals surface area contributed by atoms with Crippen LogP contribution in [-0.4, -0.2) is 66.0 Å². The fourth-order valence-electron chi connectivity index (χ4n) is 4.14. The topological polar surface area (TPSA) is 52.7 Å². The Kier molecular flexibility index (Phi) is 7.41. The normalized spacial score (nSPS) is 23.2. The minimum Gasteiger partial charge on any atom is -0.353 e. The average Bonchev–Trinajstić information content (AvgIpc) is 3.13. The molecule has 1 N–H and O–H groups in total. The van der Waals surface area contributed by atoms with Gasteiger partial charge in [-0.05, 0) is 51.9 Å². The van der Waals surface area contributed by atoms with Crippen molar-refractivity contribution in [2.75, 3.05) is 32.9 Å². The first-order valence-electron chi connectivity index (χ1n) is 10.4. The number of nitrogens with one attached hydrogen (secondary N) is 1. The number of thioether (sulfide) groups is 1. The summed E-state index contributed by atoms with van der Waals surface area (Å²) < 4.78 is 0. The molecule has 5 nitrogen and oxygen atoms in total. The Balaban J connectivity index is 1.78. The largest absolute Gasteiger partial charge is 0.353 e. The Labute approximate surface area is 173 Å². The zero-order chi connectivity index (χ0) is 20.1. The number of carbonyl (C=O) groups excluding carboxylic acids is 2. The van der Waals surface area contributed by atoms with Crippen molar-refractivity contribution in [3.63, 3.8) is 0 Å². The molecule has 1 saturated heterocycles. The van der Waals surface area contributed by atoms with Crippen LogP contribution < -0.4 is 5.32 Å². The van der Waals surface area contributed by atoms with Gasteiger partial charge in [0.1, 0.15) is 6.04 Å². The van der Waals surface area contributed by atoms with E-state index >= 15 is 0 Å². The van der Waals surface area contributed by atoms with E-state index in [1.54, 1.807) is 11.8 Å².